The Balaban J connectivity index is 2.02. The van der Waals surface area contributed by atoms with Crippen LogP contribution in [0.3, 0.4) is 0 Å². The van der Waals surface area contributed by atoms with E-state index in [1.807, 2.05) is 0 Å². The number of hydrogen-bond acceptors (Lipinski definition) is 7. The van der Waals surface area contributed by atoms with Crippen LogP contribution in [0, 0.1) is 0 Å². The fourth-order valence-electron chi connectivity index (χ4n) is 2.36. The number of carbonyl (C=O) groups excluding carboxylic acids is 2. The third-order valence-electron chi connectivity index (χ3n) is 3.66. The van der Waals surface area contributed by atoms with Crippen molar-refractivity contribution in [1.82, 2.24) is 0 Å². The Kier molecular flexibility index (Phi) is 6.57. The normalized spacial score (nSPS) is 10.9. The molecule has 0 aliphatic carbocycles. The van der Waals surface area contributed by atoms with Gasteiger partial charge in [0.1, 0.15) is 11.5 Å². The lowest BCUT2D eigenvalue weighted by Crippen LogP contribution is -2.15. The molecule has 8 heteroatoms. The van der Waals surface area contributed by atoms with Crippen molar-refractivity contribution in [3.05, 3.63) is 59.2 Å². The molecule has 0 radical (unpaired) electrons. The lowest BCUT2D eigenvalue weighted by molar-refractivity contribution is 0.0474. The summed E-state index contributed by atoms with van der Waals surface area (Å²) in [5, 5.41) is 0. The molecule has 7 nitrogen and oxygen atoms in total. The number of hydrogen-bond donors (Lipinski definition) is 0. The van der Waals surface area contributed by atoms with Crippen LogP contribution < -0.4 is 9.47 Å². The van der Waals surface area contributed by atoms with Crippen LogP contribution in [0.5, 0.6) is 11.5 Å². The maximum Gasteiger partial charge on any atom is 0.338 e. The summed E-state index contributed by atoms with van der Waals surface area (Å²) in [5.41, 5.74) is 1.06. The summed E-state index contributed by atoms with van der Waals surface area (Å²) in [6.45, 7) is -0.452. The molecule has 144 valence electrons. The minimum Gasteiger partial charge on any atom is -0.497 e. The molecule has 0 aliphatic rings. The fraction of sp³-hybridized carbons (Fsp3) is 0.263. The summed E-state index contributed by atoms with van der Waals surface area (Å²) in [4.78, 5) is 24.4. The monoisotopic (exact) mass is 392 g/mol. The van der Waals surface area contributed by atoms with Gasteiger partial charge in [-0.2, -0.15) is 0 Å². The molecule has 0 aliphatic heterocycles. The van der Waals surface area contributed by atoms with E-state index in [2.05, 4.69) is 0 Å². The second kappa shape index (κ2) is 8.68. The van der Waals surface area contributed by atoms with Crippen LogP contribution in [-0.2, 0) is 20.3 Å². The SMILES string of the molecule is COc1ccc(C(=O)COC(=O)c2ccc(CS(C)(=O)=O)cc2)c(OC)c1. The van der Waals surface area contributed by atoms with Gasteiger partial charge >= 0.3 is 5.97 Å². The van der Waals surface area contributed by atoms with Crippen LogP contribution >= 0.6 is 0 Å². The number of esters is 1. The van der Waals surface area contributed by atoms with Gasteiger partial charge in [-0.05, 0) is 29.8 Å². The fourth-order valence-corrected chi connectivity index (χ4v) is 3.16. The van der Waals surface area contributed by atoms with E-state index in [0.717, 1.165) is 6.26 Å². The third kappa shape index (κ3) is 5.82. The Morgan fingerprint density at radius 3 is 2.19 bits per heavy atom. The van der Waals surface area contributed by atoms with Gasteiger partial charge < -0.3 is 14.2 Å². The average molecular weight is 392 g/mol. The molecule has 0 spiro atoms. The van der Waals surface area contributed by atoms with Crippen LogP contribution in [0.1, 0.15) is 26.3 Å². The third-order valence-corrected chi connectivity index (χ3v) is 4.52. The Morgan fingerprint density at radius 2 is 1.63 bits per heavy atom. The molecule has 0 saturated carbocycles. The predicted octanol–water partition coefficient (Wildman–Crippen LogP) is 2.29. The predicted molar refractivity (Wildman–Crippen MR) is 99.1 cm³/mol. The van der Waals surface area contributed by atoms with Gasteiger partial charge in [-0.25, -0.2) is 13.2 Å². The van der Waals surface area contributed by atoms with Crippen LogP contribution in [0.15, 0.2) is 42.5 Å². The summed E-state index contributed by atoms with van der Waals surface area (Å²) in [7, 11) is -0.230. The summed E-state index contributed by atoms with van der Waals surface area (Å²) in [6.07, 6.45) is 1.13. The van der Waals surface area contributed by atoms with E-state index in [4.69, 9.17) is 14.2 Å². The molecule has 0 amide bonds. The van der Waals surface area contributed by atoms with Gasteiger partial charge in [0, 0.05) is 12.3 Å². The number of ketones is 1. The molecule has 2 rings (SSSR count). The van der Waals surface area contributed by atoms with Crippen LogP contribution in [0.4, 0.5) is 0 Å². The second-order valence-corrected chi connectivity index (χ2v) is 7.97. The summed E-state index contributed by atoms with van der Waals surface area (Å²) in [6, 6.07) is 10.7. The Labute approximate surface area is 157 Å². The van der Waals surface area contributed by atoms with Gasteiger partial charge in [-0.3, -0.25) is 4.79 Å². The van der Waals surface area contributed by atoms with E-state index < -0.39 is 28.2 Å². The van der Waals surface area contributed by atoms with E-state index in [1.54, 1.807) is 12.1 Å². The first kappa shape index (κ1) is 20.4. The van der Waals surface area contributed by atoms with Crippen molar-refractivity contribution < 1.29 is 32.2 Å². The molecule has 2 aromatic rings. The highest BCUT2D eigenvalue weighted by atomic mass is 32.2. The van der Waals surface area contributed by atoms with Crippen LogP contribution in [0.2, 0.25) is 0 Å². The summed E-state index contributed by atoms with van der Waals surface area (Å²) in [5.74, 6) is -0.355. The zero-order valence-electron chi connectivity index (χ0n) is 15.2. The van der Waals surface area contributed by atoms with Gasteiger partial charge in [0.25, 0.3) is 0 Å². The first-order valence-electron chi connectivity index (χ1n) is 7.92. The van der Waals surface area contributed by atoms with Gasteiger partial charge in [-0.15, -0.1) is 0 Å². The van der Waals surface area contributed by atoms with Crippen molar-refractivity contribution in [2.45, 2.75) is 5.75 Å². The molecule has 0 fully saturated rings. The molecular weight excluding hydrogens is 372 g/mol. The Morgan fingerprint density at radius 1 is 0.963 bits per heavy atom. The molecular formula is C19H20O7S. The number of benzene rings is 2. The molecule has 0 bridgehead atoms. The Hall–Kier alpha value is -2.87. The zero-order chi connectivity index (χ0) is 20.0. The summed E-state index contributed by atoms with van der Waals surface area (Å²) >= 11 is 0. The molecule has 0 unspecified atom stereocenters. The van der Waals surface area contributed by atoms with Crippen molar-refractivity contribution >= 4 is 21.6 Å². The van der Waals surface area contributed by atoms with Crippen molar-refractivity contribution in [3.63, 3.8) is 0 Å². The lowest BCUT2D eigenvalue weighted by atomic mass is 10.1. The maximum atomic E-state index is 12.3. The maximum absolute atomic E-state index is 12.3. The highest BCUT2D eigenvalue weighted by Crippen LogP contribution is 2.25. The van der Waals surface area contributed by atoms with Gasteiger partial charge in [-0.1, -0.05) is 12.1 Å². The van der Waals surface area contributed by atoms with E-state index in [-0.39, 0.29) is 16.9 Å². The lowest BCUT2D eigenvalue weighted by Gasteiger charge is -2.10. The van der Waals surface area contributed by atoms with E-state index >= 15 is 0 Å². The zero-order valence-corrected chi connectivity index (χ0v) is 16.0. The number of rotatable bonds is 8. The van der Waals surface area contributed by atoms with Crippen molar-refractivity contribution in [1.29, 1.82) is 0 Å². The topological polar surface area (TPSA) is 96.0 Å². The van der Waals surface area contributed by atoms with Gasteiger partial charge in [0.15, 0.2) is 16.4 Å². The largest absolute Gasteiger partial charge is 0.497 e. The van der Waals surface area contributed by atoms with E-state index in [9.17, 15) is 18.0 Å². The highest BCUT2D eigenvalue weighted by Gasteiger charge is 2.16. The van der Waals surface area contributed by atoms with Gasteiger partial charge in [0.05, 0.1) is 31.1 Å². The Bertz CT molecular complexity index is 931. The van der Waals surface area contributed by atoms with Crippen molar-refractivity contribution in [3.8, 4) is 11.5 Å². The van der Waals surface area contributed by atoms with Crippen LogP contribution in [-0.4, -0.2) is 47.3 Å². The molecule has 27 heavy (non-hydrogen) atoms. The number of sulfone groups is 1. The average Bonchev–Trinajstić information content (AvgIpc) is 2.64. The summed E-state index contributed by atoms with van der Waals surface area (Å²) < 4.78 is 37.8. The first-order chi connectivity index (χ1) is 12.7. The van der Waals surface area contributed by atoms with E-state index in [0.29, 0.717) is 17.1 Å². The number of methoxy groups -OCH3 is 2. The number of carbonyl (C=O) groups is 2. The highest BCUT2D eigenvalue weighted by molar-refractivity contribution is 7.89. The molecule has 0 heterocycles. The number of Topliss-reactive ketones (excluding diaryl/α,β-unsaturated/α-hetero) is 1. The van der Waals surface area contributed by atoms with Crippen molar-refractivity contribution in [2.75, 3.05) is 27.1 Å². The first-order valence-corrected chi connectivity index (χ1v) is 9.98. The quantitative estimate of drug-likeness (QED) is 0.502. The van der Waals surface area contributed by atoms with Crippen LogP contribution in [0.25, 0.3) is 0 Å². The standard InChI is InChI=1S/C19H20O7S/c1-24-15-8-9-16(18(10-15)25-2)17(20)11-26-19(21)14-6-4-13(5-7-14)12-27(3,22)23/h4-10H,11-12H2,1-3H3. The minimum atomic E-state index is -3.16. The molecule has 0 N–H and O–H groups in total. The molecule has 0 atom stereocenters. The molecule has 2 aromatic carbocycles. The number of ether oxygens (including phenoxy) is 3. The second-order valence-electron chi connectivity index (χ2n) is 5.83. The minimum absolute atomic E-state index is 0.113. The molecule has 0 saturated heterocycles. The van der Waals surface area contributed by atoms with Crippen molar-refractivity contribution in [2.24, 2.45) is 0 Å². The smallest absolute Gasteiger partial charge is 0.338 e. The van der Waals surface area contributed by atoms with Gasteiger partial charge in [0.2, 0.25) is 5.78 Å². The van der Waals surface area contributed by atoms with E-state index in [1.165, 1.54) is 44.6 Å². The molecule has 0 aromatic heterocycles.